The molecule has 0 aromatic heterocycles. The van der Waals surface area contributed by atoms with Crippen LogP contribution in [0.3, 0.4) is 0 Å². The van der Waals surface area contributed by atoms with Gasteiger partial charge in [-0.2, -0.15) is 0 Å². The fourth-order valence-electron chi connectivity index (χ4n) is 4.65. The highest BCUT2D eigenvalue weighted by Gasteiger charge is 2.20. The summed E-state index contributed by atoms with van der Waals surface area (Å²) in [4.78, 5) is 0. The van der Waals surface area contributed by atoms with Crippen molar-refractivity contribution in [2.75, 3.05) is 0 Å². The molecule has 1 heteroatoms. The maximum absolute atomic E-state index is 14.8. The Morgan fingerprint density at radius 3 is 2.35 bits per heavy atom. The second kappa shape index (κ2) is 9.97. The molecule has 1 saturated carbocycles. The highest BCUT2D eigenvalue weighted by Crippen LogP contribution is 2.36. The van der Waals surface area contributed by atoms with Gasteiger partial charge in [0.1, 0.15) is 5.82 Å². The van der Waals surface area contributed by atoms with Gasteiger partial charge in [0.25, 0.3) is 0 Å². The highest BCUT2D eigenvalue weighted by molar-refractivity contribution is 5.85. The average Bonchev–Trinajstić information content (AvgIpc) is 2.83. The number of unbranched alkanes of at least 4 members (excludes halogenated alkanes) is 1. The molecule has 0 nitrogen and oxygen atoms in total. The topological polar surface area (TPSA) is 0 Å². The van der Waals surface area contributed by atoms with E-state index < -0.39 is 0 Å². The number of hydrogen-bond acceptors (Lipinski definition) is 0. The van der Waals surface area contributed by atoms with Crippen LogP contribution in [0.5, 0.6) is 0 Å². The van der Waals surface area contributed by atoms with Crippen molar-refractivity contribution < 1.29 is 4.39 Å². The van der Waals surface area contributed by atoms with Crippen LogP contribution in [0, 0.1) is 23.6 Å². The van der Waals surface area contributed by atoms with Crippen LogP contribution < -0.4 is 0 Å². The summed E-state index contributed by atoms with van der Waals surface area (Å²) in [6.45, 7) is 6.07. The zero-order chi connectivity index (χ0) is 21.6. The predicted molar refractivity (Wildman–Crippen MR) is 130 cm³/mol. The fourth-order valence-corrected chi connectivity index (χ4v) is 4.65. The molecule has 0 radical (unpaired) electrons. The number of fused-ring (bicyclic) bond motifs is 1. The van der Waals surface area contributed by atoms with Crippen LogP contribution >= 0.6 is 0 Å². The standard InChI is InChI=1S/C30H31F/c1-3-5-6-27-18-19-28-21-24(13-20-29(28)30(27)31)8-7-23-11-16-26(17-12-23)25-14-9-22(4-2)10-15-25/h4,11-13,16-22,25H,2-3,5-6,9-10,14-15H2,1H3. The van der Waals surface area contributed by atoms with E-state index >= 15 is 0 Å². The molecule has 0 bridgehead atoms. The minimum absolute atomic E-state index is 0.0804. The van der Waals surface area contributed by atoms with Gasteiger partial charge in [-0.3, -0.25) is 0 Å². The Morgan fingerprint density at radius 2 is 1.65 bits per heavy atom. The van der Waals surface area contributed by atoms with Crippen molar-refractivity contribution in [3.63, 3.8) is 0 Å². The van der Waals surface area contributed by atoms with Gasteiger partial charge in [-0.05, 0) is 91.1 Å². The van der Waals surface area contributed by atoms with E-state index in [2.05, 4.69) is 55.7 Å². The summed E-state index contributed by atoms with van der Waals surface area (Å²) in [5.74, 6) is 7.80. The van der Waals surface area contributed by atoms with Crippen molar-refractivity contribution in [3.05, 3.63) is 95.3 Å². The number of rotatable bonds is 5. The maximum Gasteiger partial charge on any atom is 0.134 e. The number of halogens is 1. The van der Waals surface area contributed by atoms with Gasteiger partial charge in [0.2, 0.25) is 0 Å². The van der Waals surface area contributed by atoms with E-state index in [9.17, 15) is 4.39 Å². The number of aryl methyl sites for hydroxylation is 1. The molecule has 0 heterocycles. The second-order valence-electron chi connectivity index (χ2n) is 8.80. The van der Waals surface area contributed by atoms with Gasteiger partial charge < -0.3 is 0 Å². The summed E-state index contributed by atoms with van der Waals surface area (Å²) >= 11 is 0. The Bertz CT molecular complexity index is 1100. The zero-order valence-electron chi connectivity index (χ0n) is 18.5. The van der Waals surface area contributed by atoms with Crippen molar-refractivity contribution in [1.29, 1.82) is 0 Å². The van der Waals surface area contributed by atoms with E-state index in [1.807, 2.05) is 30.3 Å². The minimum Gasteiger partial charge on any atom is -0.206 e. The molecule has 0 unspecified atom stereocenters. The Morgan fingerprint density at radius 1 is 0.935 bits per heavy atom. The van der Waals surface area contributed by atoms with Crippen LogP contribution in [0.2, 0.25) is 0 Å². The fraction of sp³-hybridized carbons (Fsp3) is 0.333. The van der Waals surface area contributed by atoms with Crippen LogP contribution in [-0.2, 0) is 6.42 Å². The molecule has 1 fully saturated rings. The molecule has 0 amide bonds. The lowest BCUT2D eigenvalue weighted by atomic mass is 9.79. The van der Waals surface area contributed by atoms with Crippen molar-refractivity contribution in [2.24, 2.45) is 5.92 Å². The lowest BCUT2D eigenvalue weighted by Crippen LogP contribution is -2.11. The van der Waals surface area contributed by atoms with Crippen molar-refractivity contribution in [1.82, 2.24) is 0 Å². The molecule has 3 aromatic rings. The number of hydrogen-bond donors (Lipinski definition) is 0. The molecule has 0 spiro atoms. The molecule has 0 atom stereocenters. The first kappa shape index (κ1) is 21.4. The van der Waals surface area contributed by atoms with E-state index in [0.717, 1.165) is 41.3 Å². The second-order valence-corrected chi connectivity index (χ2v) is 8.80. The summed E-state index contributed by atoms with van der Waals surface area (Å²) in [5, 5.41) is 1.60. The molecule has 158 valence electrons. The zero-order valence-corrected chi connectivity index (χ0v) is 18.5. The molecule has 0 saturated heterocycles. The first-order valence-corrected chi connectivity index (χ1v) is 11.6. The van der Waals surface area contributed by atoms with Gasteiger partial charge >= 0.3 is 0 Å². The van der Waals surface area contributed by atoms with Crippen LogP contribution in [0.1, 0.15) is 73.6 Å². The van der Waals surface area contributed by atoms with Gasteiger partial charge in [0.05, 0.1) is 0 Å². The Hall–Kier alpha value is -2.85. The van der Waals surface area contributed by atoms with E-state index in [1.165, 1.54) is 31.2 Å². The molecule has 31 heavy (non-hydrogen) atoms. The van der Waals surface area contributed by atoms with Crippen LogP contribution in [0.4, 0.5) is 4.39 Å². The molecule has 4 rings (SSSR count). The highest BCUT2D eigenvalue weighted by atomic mass is 19.1. The Labute approximate surface area is 186 Å². The van der Waals surface area contributed by atoms with E-state index in [-0.39, 0.29) is 5.82 Å². The van der Waals surface area contributed by atoms with E-state index in [4.69, 9.17) is 0 Å². The lowest BCUT2D eigenvalue weighted by molar-refractivity contribution is 0.376. The van der Waals surface area contributed by atoms with Crippen molar-refractivity contribution in [2.45, 2.75) is 57.8 Å². The predicted octanol–water partition coefficient (Wildman–Crippen LogP) is 8.18. The molecule has 1 aliphatic carbocycles. The summed E-state index contributed by atoms with van der Waals surface area (Å²) < 4.78 is 14.8. The third kappa shape index (κ3) is 5.08. The minimum atomic E-state index is -0.0804. The average molecular weight is 411 g/mol. The molecule has 0 N–H and O–H groups in total. The third-order valence-corrected chi connectivity index (χ3v) is 6.67. The van der Waals surface area contributed by atoms with Crippen LogP contribution in [-0.4, -0.2) is 0 Å². The summed E-state index contributed by atoms with van der Waals surface area (Å²) in [7, 11) is 0. The van der Waals surface area contributed by atoms with E-state index in [1.54, 1.807) is 0 Å². The number of benzene rings is 3. The Kier molecular flexibility index (Phi) is 6.88. The SMILES string of the molecule is C=CC1CCC(c2ccc(C#Cc3ccc4c(F)c(CCCC)ccc4c3)cc2)CC1. The van der Waals surface area contributed by atoms with Crippen LogP contribution in [0.25, 0.3) is 10.8 Å². The largest absolute Gasteiger partial charge is 0.206 e. The van der Waals surface area contributed by atoms with Gasteiger partial charge in [-0.25, -0.2) is 4.39 Å². The summed E-state index contributed by atoms with van der Waals surface area (Å²) in [6.07, 6.45) is 9.99. The quantitative estimate of drug-likeness (QED) is 0.294. The molecule has 0 aliphatic heterocycles. The van der Waals surface area contributed by atoms with Crippen molar-refractivity contribution >= 4 is 10.8 Å². The van der Waals surface area contributed by atoms with Crippen molar-refractivity contribution in [3.8, 4) is 11.8 Å². The smallest absolute Gasteiger partial charge is 0.134 e. The van der Waals surface area contributed by atoms with Gasteiger partial charge in [-0.15, -0.1) is 6.58 Å². The maximum atomic E-state index is 14.8. The molecule has 3 aromatic carbocycles. The van der Waals surface area contributed by atoms with Gasteiger partial charge in [0.15, 0.2) is 0 Å². The molecular weight excluding hydrogens is 379 g/mol. The van der Waals surface area contributed by atoms with Gasteiger partial charge in [-0.1, -0.05) is 61.6 Å². The molecule has 1 aliphatic rings. The summed E-state index contributed by atoms with van der Waals surface area (Å²) in [6, 6.07) is 18.4. The number of allylic oxidation sites excluding steroid dienone is 1. The normalized spacial score (nSPS) is 18.4. The summed E-state index contributed by atoms with van der Waals surface area (Å²) in [5.41, 5.74) is 4.17. The van der Waals surface area contributed by atoms with Crippen LogP contribution in [0.15, 0.2) is 67.3 Å². The van der Waals surface area contributed by atoms with E-state index in [0.29, 0.717) is 17.2 Å². The first-order chi connectivity index (χ1) is 15.2. The molecular formula is C30H31F. The Balaban J connectivity index is 1.47. The third-order valence-electron chi connectivity index (χ3n) is 6.67. The van der Waals surface area contributed by atoms with Gasteiger partial charge in [0, 0.05) is 16.5 Å². The lowest BCUT2D eigenvalue weighted by Gasteiger charge is -2.26. The first-order valence-electron chi connectivity index (χ1n) is 11.6. The monoisotopic (exact) mass is 410 g/mol.